The monoisotopic (exact) mass is 226 g/mol. The lowest BCUT2D eigenvalue weighted by Gasteiger charge is -2.19. The van der Waals surface area contributed by atoms with Crippen molar-refractivity contribution < 1.29 is 9.53 Å². The van der Waals surface area contributed by atoms with Gasteiger partial charge in [-0.3, -0.25) is 0 Å². The quantitative estimate of drug-likeness (QED) is 0.749. The van der Waals surface area contributed by atoms with Crippen LogP contribution < -0.4 is 10.6 Å². The van der Waals surface area contributed by atoms with Crippen LogP contribution in [0.3, 0.4) is 0 Å². The van der Waals surface area contributed by atoms with Gasteiger partial charge in [0, 0.05) is 12.6 Å². The summed E-state index contributed by atoms with van der Waals surface area (Å²) in [6, 6.07) is 0.524. The molecule has 0 aromatic carbocycles. The molecule has 2 amide bonds. The van der Waals surface area contributed by atoms with Crippen LogP contribution in [0.5, 0.6) is 0 Å². The summed E-state index contributed by atoms with van der Waals surface area (Å²) in [4.78, 5) is 11.7. The van der Waals surface area contributed by atoms with Gasteiger partial charge >= 0.3 is 6.03 Å². The first-order chi connectivity index (χ1) is 7.78. The second-order valence-corrected chi connectivity index (χ2v) is 4.96. The van der Waals surface area contributed by atoms with Crippen LogP contribution in [-0.2, 0) is 4.74 Å². The molecular formula is C12H22N2O2. The van der Waals surface area contributed by atoms with E-state index < -0.39 is 0 Å². The molecular weight excluding hydrogens is 204 g/mol. The minimum atomic E-state index is -0.0250. The summed E-state index contributed by atoms with van der Waals surface area (Å²) in [6.07, 6.45) is 5.79. The Kier molecular flexibility index (Phi) is 4.04. The van der Waals surface area contributed by atoms with Gasteiger partial charge < -0.3 is 15.4 Å². The van der Waals surface area contributed by atoms with Crippen LogP contribution in [0.1, 0.15) is 39.0 Å². The van der Waals surface area contributed by atoms with Gasteiger partial charge in [0.25, 0.3) is 0 Å². The maximum Gasteiger partial charge on any atom is 0.315 e. The predicted molar refractivity (Wildman–Crippen MR) is 62.3 cm³/mol. The summed E-state index contributed by atoms with van der Waals surface area (Å²) in [5, 5.41) is 6.02. The third kappa shape index (κ3) is 3.67. The molecule has 2 unspecified atom stereocenters. The van der Waals surface area contributed by atoms with Crippen LogP contribution in [0.2, 0.25) is 0 Å². The lowest BCUT2D eigenvalue weighted by molar-refractivity contribution is 0.188. The van der Waals surface area contributed by atoms with Crippen LogP contribution in [-0.4, -0.2) is 31.3 Å². The highest BCUT2D eigenvalue weighted by atomic mass is 16.5. The molecule has 0 spiro atoms. The van der Waals surface area contributed by atoms with Crippen molar-refractivity contribution >= 4 is 6.03 Å². The van der Waals surface area contributed by atoms with Crippen LogP contribution in [0.25, 0.3) is 0 Å². The second kappa shape index (κ2) is 5.53. The van der Waals surface area contributed by atoms with E-state index in [9.17, 15) is 4.79 Å². The standard InChI is InChI=1S/C12H22N2O2/c1-2-10(7-9-3-4-9)13-12(15)14-11-5-6-16-8-11/h9-11H,2-8H2,1H3,(H2,13,14,15). The minimum absolute atomic E-state index is 0.0250. The van der Waals surface area contributed by atoms with Gasteiger partial charge in [-0.1, -0.05) is 19.8 Å². The molecule has 1 saturated carbocycles. The molecule has 1 heterocycles. The highest BCUT2D eigenvalue weighted by Gasteiger charge is 2.26. The van der Waals surface area contributed by atoms with Crippen molar-refractivity contribution in [3.8, 4) is 0 Å². The van der Waals surface area contributed by atoms with E-state index in [2.05, 4.69) is 17.6 Å². The molecule has 2 aliphatic rings. The van der Waals surface area contributed by atoms with E-state index in [4.69, 9.17) is 4.74 Å². The molecule has 16 heavy (non-hydrogen) atoms. The summed E-state index contributed by atoms with van der Waals surface area (Å²) < 4.78 is 5.22. The number of urea groups is 1. The van der Waals surface area contributed by atoms with E-state index in [1.165, 1.54) is 12.8 Å². The highest BCUT2D eigenvalue weighted by Crippen LogP contribution is 2.33. The predicted octanol–water partition coefficient (Wildman–Crippen LogP) is 1.65. The molecule has 0 aromatic rings. The molecule has 1 aliphatic heterocycles. The number of amides is 2. The molecule has 0 radical (unpaired) electrons. The molecule has 2 atom stereocenters. The van der Waals surface area contributed by atoms with Crippen molar-refractivity contribution in [2.24, 2.45) is 5.92 Å². The first-order valence-corrected chi connectivity index (χ1v) is 6.42. The molecule has 4 heteroatoms. The summed E-state index contributed by atoms with van der Waals surface area (Å²) in [5.74, 6) is 0.861. The number of ether oxygens (including phenoxy) is 1. The lowest BCUT2D eigenvalue weighted by atomic mass is 10.1. The largest absolute Gasteiger partial charge is 0.379 e. The zero-order chi connectivity index (χ0) is 11.4. The maximum atomic E-state index is 11.7. The van der Waals surface area contributed by atoms with Crippen molar-refractivity contribution in [1.29, 1.82) is 0 Å². The van der Waals surface area contributed by atoms with Crippen molar-refractivity contribution in [1.82, 2.24) is 10.6 Å². The fourth-order valence-corrected chi connectivity index (χ4v) is 2.14. The number of rotatable bonds is 5. The SMILES string of the molecule is CCC(CC1CC1)NC(=O)NC1CCOC1. The number of hydrogen-bond acceptors (Lipinski definition) is 2. The van der Waals surface area contributed by atoms with Gasteiger partial charge in [0.1, 0.15) is 0 Å². The number of nitrogens with one attached hydrogen (secondary N) is 2. The Morgan fingerprint density at radius 2 is 2.25 bits per heavy atom. The van der Waals surface area contributed by atoms with E-state index in [1.54, 1.807) is 0 Å². The van der Waals surface area contributed by atoms with E-state index in [-0.39, 0.29) is 12.1 Å². The Morgan fingerprint density at radius 1 is 1.44 bits per heavy atom. The third-order valence-electron chi connectivity index (χ3n) is 3.41. The van der Waals surface area contributed by atoms with Crippen molar-refractivity contribution in [2.75, 3.05) is 13.2 Å². The summed E-state index contributed by atoms with van der Waals surface area (Å²) >= 11 is 0. The van der Waals surface area contributed by atoms with Gasteiger partial charge in [-0.25, -0.2) is 4.79 Å². The van der Waals surface area contributed by atoms with E-state index in [0.717, 1.165) is 31.8 Å². The fraction of sp³-hybridized carbons (Fsp3) is 0.917. The smallest absolute Gasteiger partial charge is 0.315 e. The van der Waals surface area contributed by atoms with Crippen LogP contribution in [0, 0.1) is 5.92 Å². The first-order valence-electron chi connectivity index (χ1n) is 6.42. The summed E-state index contributed by atoms with van der Waals surface area (Å²) in [7, 11) is 0. The molecule has 4 nitrogen and oxygen atoms in total. The van der Waals surface area contributed by atoms with E-state index in [0.29, 0.717) is 12.6 Å². The minimum Gasteiger partial charge on any atom is -0.379 e. The zero-order valence-electron chi connectivity index (χ0n) is 10.00. The van der Waals surface area contributed by atoms with Gasteiger partial charge in [0.2, 0.25) is 0 Å². The molecule has 92 valence electrons. The van der Waals surface area contributed by atoms with Gasteiger partial charge in [0.05, 0.1) is 12.6 Å². The number of carbonyl (C=O) groups excluding carboxylic acids is 1. The molecule has 1 aliphatic carbocycles. The Labute approximate surface area is 97.1 Å². The van der Waals surface area contributed by atoms with Crippen molar-refractivity contribution in [3.63, 3.8) is 0 Å². The molecule has 2 N–H and O–H groups in total. The van der Waals surface area contributed by atoms with Gasteiger partial charge in [0.15, 0.2) is 0 Å². The Morgan fingerprint density at radius 3 is 2.81 bits per heavy atom. The zero-order valence-corrected chi connectivity index (χ0v) is 10.00. The maximum absolute atomic E-state index is 11.7. The number of carbonyl (C=O) groups is 1. The highest BCUT2D eigenvalue weighted by molar-refractivity contribution is 5.74. The fourth-order valence-electron chi connectivity index (χ4n) is 2.14. The van der Waals surface area contributed by atoms with Gasteiger partial charge in [-0.05, 0) is 25.2 Å². The van der Waals surface area contributed by atoms with Gasteiger partial charge in [-0.15, -0.1) is 0 Å². The van der Waals surface area contributed by atoms with E-state index in [1.807, 2.05) is 0 Å². The molecule has 2 fully saturated rings. The summed E-state index contributed by atoms with van der Waals surface area (Å²) in [5.41, 5.74) is 0. The number of hydrogen-bond donors (Lipinski definition) is 2. The van der Waals surface area contributed by atoms with Crippen LogP contribution in [0.4, 0.5) is 4.79 Å². The Bertz CT molecular complexity index is 235. The van der Waals surface area contributed by atoms with Crippen LogP contribution >= 0.6 is 0 Å². The van der Waals surface area contributed by atoms with E-state index >= 15 is 0 Å². The molecule has 0 aromatic heterocycles. The van der Waals surface area contributed by atoms with Crippen molar-refractivity contribution in [2.45, 2.75) is 51.1 Å². The third-order valence-corrected chi connectivity index (χ3v) is 3.41. The summed E-state index contributed by atoms with van der Waals surface area (Å²) in [6.45, 7) is 3.56. The van der Waals surface area contributed by atoms with Crippen molar-refractivity contribution in [3.05, 3.63) is 0 Å². The second-order valence-electron chi connectivity index (χ2n) is 4.96. The lowest BCUT2D eigenvalue weighted by Crippen LogP contribution is -2.46. The average molecular weight is 226 g/mol. The Hall–Kier alpha value is -0.770. The first kappa shape index (κ1) is 11.7. The van der Waals surface area contributed by atoms with Crippen LogP contribution in [0.15, 0.2) is 0 Å². The van der Waals surface area contributed by atoms with Gasteiger partial charge in [-0.2, -0.15) is 0 Å². The average Bonchev–Trinajstić information content (AvgIpc) is 2.93. The normalized spacial score (nSPS) is 26.4. The molecule has 2 rings (SSSR count). The molecule has 0 bridgehead atoms. The topological polar surface area (TPSA) is 50.4 Å². The molecule has 1 saturated heterocycles. The Balaban J connectivity index is 1.66.